The summed E-state index contributed by atoms with van der Waals surface area (Å²) in [6.45, 7) is 6.48. The van der Waals surface area contributed by atoms with Crippen LogP contribution >= 0.6 is 0 Å². The number of benzene rings is 2. The van der Waals surface area contributed by atoms with Gasteiger partial charge in [0.2, 0.25) is 0 Å². The van der Waals surface area contributed by atoms with Crippen LogP contribution in [0.15, 0.2) is 72.9 Å². The summed E-state index contributed by atoms with van der Waals surface area (Å²) in [6, 6.07) is 22.5. The van der Waals surface area contributed by atoms with Crippen molar-refractivity contribution in [3.8, 4) is 11.3 Å². The van der Waals surface area contributed by atoms with Crippen LogP contribution in [0.3, 0.4) is 0 Å². The van der Waals surface area contributed by atoms with Crippen molar-refractivity contribution in [1.82, 2.24) is 19.6 Å². The number of hydrogen-bond acceptors (Lipinski definition) is 6. The molecule has 0 bridgehead atoms. The average Bonchev–Trinajstić information content (AvgIpc) is 3.36. The molecule has 0 unspecified atom stereocenters. The fourth-order valence-electron chi connectivity index (χ4n) is 6.12. The van der Waals surface area contributed by atoms with E-state index in [2.05, 4.69) is 29.2 Å². The van der Waals surface area contributed by atoms with Crippen LogP contribution in [0.2, 0.25) is 0 Å². The van der Waals surface area contributed by atoms with Crippen molar-refractivity contribution in [3.05, 3.63) is 89.9 Å². The lowest BCUT2D eigenvalue weighted by molar-refractivity contribution is -0.142. The Kier molecular flexibility index (Phi) is 6.23. The van der Waals surface area contributed by atoms with E-state index in [0.29, 0.717) is 19.1 Å². The van der Waals surface area contributed by atoms with Crippen LogP contribution in [-0.4, -0.2) is 57.0 Å². The predicted octanol–water partition coefficient (Wildman–Crippen LogP) is 5.80. The third-order valence-electron chi connectivity index (χ3n) is 8.85. The second-order valence-electron chi connectivity index (χ2n) is 11.7. The molecule has 8 heteroatoms. The molecule has 1 saturated carbocycles. The van der Waals surface area contributed by atoms with Gasteiger partial charge >= 0.3 is 5.97 Å². The number of anilines is 1. The monoisotopic (exact) mass is 547 g/mol. The van der Waals surface area contributed by atoms with Crippen LogP contribution in [0.25, 0.3) is 27.8 Å². The minimum Gasteiger partial charge on any atom is -0.481 e. The summed E-state index contributed by atoms with van der Waals surface area (Å²) in [6.07, 6.45) is 3.79. The van der Waals surface area contributed by atoms with Gasteiger partial charge in [-0.25, -0.2) is 9.50 Å². The molecule has 7 rings (SSSR count). The number of imidazole rings is 1. The van der Waals surface area contributed by atoms with E-state index in [4.69, 9.17) is 19.8 Å². The van der Waals surface area contributed by atoms with Gasteiger partial charge in [-0.15, -0.1) is 0 Å². The summed E-state index contributed by atoms with van der Waals surface area (Å²) in [5, 5.41) is 15.7. The Labute approximate surface area is 238 Å². The summed E-state index contributed by atoms with van der Waals surface area (Å²) < 4.78 is 7.57. The van der Waals surface area contributed by atoms with E-state index in [-0.39, 0.29) is 5.92 Å². The number of carbonyl (C=O) groups is 1. The van der Waals surface area contributed by atoms with Crippen LogP contribution in [0, 0.1) is 0 Å². The molecular weight excluding hydrogens is 514 g/mol. The number of aliphatic carboxylic acids is 1. The van der Waals surface area contributed by atoms with Gasteiger partial charge in [0, 0.05) is 41.6 Å². The van der Waals surface area contributed by atoms with Crippen LogP contribution < -0.4 is 4.90 Å². The number of carboxylic acid groups (broad SMARTS) is 1. The number of morpholine rings is 1. The first-order chi connectivity index (χ1) is 19.9. The highest BCUT2D eigenvalue weighted by molar-refractivity contribution is 5.81. The molecule has 8 nitrogen and oxygen atoms in total. The van der Waals surface area contributed by atoms with Crippen molar-refractivity contribution >= 4 is 28.2 Å². The number of aromatic nitrogens is 4. The van der Waals surface area contributed by atoms with Gasteiger partial charge in [-0.1, -0.05) is 48.5 Å². The molecule has 1 N–H and O–H groups in total. The molecule has 0 spiro atoms. The topological polar surface area (TPSA) is 92.8 Å². The lowest BCUT2D eigenvalue weighted by atomic mass is 9.70. The molecule has 5 aromatic rings. The zero-order valence-corrected chi connectivity index (χ0v) is 23.3. The van der Waals surface area contributed by atoms with E-state index in [1.54, 1.807) is 13.8 Å². The maximum absolute atomic E-state index is 11.9. The minimum absolute atomic E-state index is 0.276. The van der Waals surface area contributed by atoms with Gasteiger partial charge in [0.05, 0.1) is 47.4 Å². The van der Waals surface area contributed by atoms with Gasteiger partial charge in [0.15, 0.2) is 5.65 Å². The molecule has 4 heterocycles. The molecule has 1 aliphatic carbocycles. The summed E-state index contributed by atoms with van der Waals surface area (Å²) in [7, 11) is 0. The minimum atomic E-state index is -0.976. The van der Waals surface area contributed by atoms with Gasteiger partial charge in [-0.05, 0) is 50.5 Å². The maximum Gasteiger partial charge on any atom is 0.313 e. The van der Waals surface area contributed by atoms with Crippen molar-refractivity contribution < 1.29 is 14.6 Å². The lowest BCUT2D eigenvalue weighted by Crippen LogP contribution is -2.36. The standard InChI is InChI=1S/C33H33N5O3/c1-33(2,32(39)40)25-10-7-22(8-11-25)30-29(36-31-28(13-14-34-38(30)31)37-15-17-41-18-16-37)24-19-23(20-24)27-12-9-21-5-3-4-6-26(21)35-27/h3-14,23-24H,15-20H2,1-2H3,(H,39,40). The molecule has 2 aliphatic rings. The normalized spacial score (nSPS) is 19.4. The molecule has 0 amide bonds. The average molecular weight is 548 g/mol. The van der Waals surface area contributed by atoms with Gasteiger partial charge in [-0.2, -0.15) is 5.10 Å². The molecule has 1 saturated heterocycles. The third kappa shape index (κ3) is 4.43. The highest BCUT2D eigenvalue weighted by atomic mass is 16.5. The fraction of sp³-hybridized carbons (Fsp3) is 0.333. The van der Waals surface area contributed by atoms with Crippen molar-refractivity contribution in [1.29, 1.82) is 0 Å². The molecule has 2 fully saturated rings. The van der Waals surface area contributed by atoms with Crippen molar-refractivity contribution in [2.24, 2.45) is 0 Å². The van der Waals surface area contributed by atoms with Crippen molar-refractivity contribution in [2.45, 2.75) is 43.9 Å². The zero-order valence-electron chi connectivity index (χ0n) is 23.3. The molecule has 208 valence electrons. The number of ether oxygens (including phenoxy) is 1. The first-order valence-electron chi connectivity index (χ1n) is 14.3. The van der Waals surface area contributed by atoms with E-state index in [1.165, 1.54) is 0 Å². The molecule has 3 aromatic heterocycles. The Morgan fingerprint density at radius 2 is 1.68 bits per heavy atom. The van der Waals surface area contributed by atoms with Crippen molar-refractivity contribution in [2.75, 3.05) is 31.2 Å². The molecule has 0 radical (unpaired) electrons. The van der Waals surface area contributed by atoms with Crippen LogP contribution in [0.1, 0.15) is 55.5 Å². The number of nitrogens with zero attached hydrogens (tertiary/aromatic N) is 5. The summed E-state index contributed by atoms with van der Waals surface area (Å²) in [5.41, 5.74) is 6.87. The lowest BCUT2D eigenvalue weighted by Gasteiger charge is -2.34. The van der Waals surface area contributed by atoms with E-state index < -0.39 is 11.4 Å². The number of hydrogen-bond donors (Lipinski definition) is 1. The highest BCUT2D eigenvalue weighted by Crippen LogP contribution is 2.49. The van der Waals surface area contributed by atoms with E-state index in [0.717, 1.165) is 76.4 Å². The van der Waals surface area contributed by atoms with E-state index in [1.807, 2.05) is 53.2 Å². The number of fused-ring (bicyclic) bond motifs is 2. The van der Waals surface area contributed by atoms with E-state index in [9.17, 15) is 9.90 Å². The number of para-hydroxylation sites is 1. The third-order valence-corrected chi connectivity index (χ3v) is 8.85. The molecule has 0 atom stereocenters. The largest absolute Gasteiger partial charge is 0.481 e. The molecule has 41 heavy (non-hydrogen) atoms. The van der Waals surface area contributed by atoms with Crippen LogP contribution in [-0.2, 0) is 14.9 Å². The Morgan fingerprint density at radius 1 is 0.927 bits per heavy atom. The van der Waals surface area contributed by atoms with Gasteiger partial charge in [-0.3, -0.25) is 9.78 Å². The first-order valence-corrected chi connectivity index (χ1v) is 14.3. The second-order valence-corrected chi connectivity index (χ2v) is 11.7. The van der Waals surface area contributed by atoms with Crippen LogP contribution in [0.5, 0.6) is 0 Å². The smallest absolute Gasteiger partial charge is 0.313 e. The van der Waals surface area contributed by atoms with Gasteiger partial charge in [0.1, 0.15) is 0 Å². The number of carboxylic acids is 1. The predicted molar refractivity (Wildman–Crippen MR) is 159 cm³/mol. The molecular formula is C33H33N5O3. The summed E-state index contributed by atoms with van der Waals surface area (Å²) >= 11 is 0. The summed E-state index contributed by atoms with van der Waals surface area (Å²) in [5.74, 6) is -0.189. The van der Waals surface area contributed by atoms with E-state index >= 15 is 0 Å². The molecule has 1 aliphatic heterocycles. The fourth-order valence-corrected chi connectivity index (χ4v) is 6.12. The Morgan fingerprint density at radius 3 is 2.44 bits per heavy atom. The first kappa shape index (κ1) is 25.7. The SMILES string of the molecule is CC(C)(C(=O)O)c1ccc(-c2c(C3CC(c4ccc5ccccc5n4)C3)nc3c(N4CCOCC4)ccnn23)cc1. The Bertz CT molecular complexity index is 1750. The van der Waals surface area contributed by atoms with Gasteiger partial charge in [0.25, 0.3) is 0 Å². The Balaban J connectivity index is 1.28. The van der Waals surface area contributed by atoms with Crippen LogP contribution in [0.4, 0.5) is 5.69 Å². The quantitative estimate of drug-likeness (QED) is 0.287. The highest BCUT2D eigenvalue weighted by Gasteiger charge is 2.37. The number of rotatable bonds is 6. The summed E-state index contributed by atoms with van der Waals surface area (Å²) in [4.78, 5) is 24.4. The van der Waals surface area contributed by atoms with Crippen molar-refractivity contribution in [3.63, 3.8) is 0 Å². The number of pyridine rings is 1. The molecule has 2 aromatic carbocycles. The maximum atomic E-state index is 11.9. The zero-order chi connectivity index (χ0) is 28.1. The second kappa shape index (κ2) is 9.96. The van der Waals surface area contributed by atoms with Gasteiger partial charge < -0.3 is 14.7 Å². The Hall–Kier alpha value is -4.30.